The lowest BCUT2D eigenvalue weighted by Crippen LogP contribution is -2.31. The zero-order chi connectivity index (χ0) is 13.2. The van der Waals surface area contributed by atoms with Gasteiger partial charge in [0.2, 0.25) is 0 Å². The highest BCUT2D eigenvalue weighted by molar-refractivity contribution is 5.99. The van der Waals surface area contributed by atoms with Gasteiger partial charge in [0, 0.05) is 18.8 Å². The molecule has 1 aliphatic carbocycles. The van der Waals surface area contributed by atoms with E-state index < -0.39 is 5.82 Å². The van der Waals surface area contributed by atoms with Gasteiger partial charge in [-0.05, 0) is 42.9 Å². The van der Waals surface area contributed by atoms with Gasteiger partial charge in [0.05, 0.1) is 5.56 Å². The molecule has 18 heavy (non-hydrogen) atoms. The molecule has 0 spiro atoms. The first kappa shape index (κ1) is 12.8. The average Bonchev–Trinajstić information content (AvgIpc) is 3.10. The molecule has 1 aromatic carbocycles. The number of amides is 1. The Bertz CT molecular complexity index is 458. The molecule has 0 unspecified atom stereocenters. The monoisotopic (exact) mass is 252 g/mol. The Kier molecular flexibility index (Phi) is 3.52. The van der Waals surface area contributed by atoms with Crippen molar-refractivity contribution in [2.24, 2.45) is 5.41 Å². The molecule has 1 saturated carbocycles. The predicted molar refractivity (Wildman–Crippen MR) is 66.5 cm³/mol. The van der Waals surface area contributed by atoms with Crippen molar-refractivity contribution in [3.63, 3.8) is 0 Å². The number of aliphatic hydroxyl groups excluding tert-OH is 1. The standard InChI is InChI=1S/C13H17FN2O2/c14-9-1-2-11(15)10(7-9)12(18)16-8-13(3-4-13)5-6-17/h1-2,7,17H,3-6,8,15H2,(H,16,18). The lowest BCUT2D eigenvalue weighted by atomic mass is 10.0. The highest BCUT2D eigenvalue weighted by Gasteiger charge is 2.41. The van der Waals surface area contributed by atoms with Crippen molar-refractivity contribution in [2.75, 3.05) is 18.9 Å². The molecule has 0 aromatic heterocycles. The van der Waals surface area contributed by atoms with E-state index in [1.807, 2.05) is 0 Å². The van der Waals surface area contributed by atoms with Crippen molar-refractivity contribution in [1.82, 2.24) is 5.32 Å². The average molecular weight is 252 g/mol. The van der Waals surface area contributed by atoms with E-state index in [1.165, 1.54) is 12.1 Å². The van der Waals surface area contributed by atoms with E-state index in [0.717, 1.165) is 18.9 Å². The van der Waals surface area contributed by atoms with Gasteiger partial charge in [-0.1, -0.05) is 0 Å². The van der Waals surface area contributed by atoms with Gasteiger partial charge in [0.15, 0.2) is 0 Å². The summed E-state index contributed by atoms with van der Waals surface area (Å²) in [6.07, 6.45) is 2.70. The molecule has 1 amide bonds. The van der Waals surface area contributed by atoms with Crippen LogP contribution < -0.4 is 11.1 Å². The third kappa shape index (κ3) is 2.79. The van der Waals surface area contributed by atoms with E-state index in [2.05, 4.69) is 5.32 Å². The molecule has 0 radical (unpaired) electrons. The largest absolute Gasteiger partial charge is 0.398 e. The summed E-state index contributed by atoms with van der Waals surface area (Å²) in [4.78, 5) is 11.9. The van der Waals surface area contributed by atoms with E-state index in [4.69, 9.17) is 10.8 Å². The van der Waals surface area contributed by atoms with Crippen molar-refractivity contribution < 1.29 is 14.3 Å². The van der Waals surface area contributed by atoms with Crippen molar-refractivity contribution >= 4 is 11.6 Å². The Labute approximate surface area is 105 Å². The van der Waals surface area contributed by atoms with Gasteiger partial charge >= 0.3 is 0 Å². The second-order valence-electron chi connectivity index (χ2n) is 4.89. The molecule has 0 atom stereocenters. The summed E-state index contributed by atoms with van der Waals surface area (Å²) in [6.45, 7) is 0.625. The van der Waals surface area contributed by atoms with E-state index in [0.29, 0.717) is 13.0 Å². The lowest BCUT2D eigenvalue weighted by Gasteiger charge is -2.15. The van der Waals surface area contributed by atoms with Crippen LogP contribution in [0.3, 0.4) is 0 Å². The number of anilines is 1. The van der Waals surface area contributed by atoms with Gasteiger partial charge in [-0.15, -0.1) is 0 Å². The molecule has 98 valence electrons. The normalized spacial score (nSPS) is 16.3. The zero-order valence-electron chi connectivity index (χ0n) is 10.1. The maximum atomic E-state index is 13.0. The Morgan fingerprint density at radius 2 is 2.22 bits per heavy atom. The molecular formula is C13H17FN2O2. The molecule has 0 aliphatic heterocycles. The molecule has 4 N–H and O–H groups in total. The Hall–Kier alpha value is -1.62. The molecule has 4 nitrogen and oxygen atoms in total. The minimum Gasteiger partial charge on any atom is -0.398 e. The summed E-state index contributed by atoms with van der Waals surface area (Å²) in [5.74, 6) is -0.845. The summed E-state index contributed by atoms with van der Waals surface area (Å²) in [6, 6.07) is 3.74. The molecule has 1 aliphatic rings. The fourth-order valence-electron chi connectivity index (χ4n) is 2.02. The molecular weight excluding hydrogens is 235 g/mol. The van der Waals surface area contributed by atoms with Crippen LogP contribution in [0.2, 0.25) is 0 Å². The van der Waals surface area contributed by atoms with Gasteiger partial charge in [0.25, 0.3) is 5.91 Å². The number of benzene rings is 1. The van der Waals surface area contributed by atoms with Crippen molar-refractivity contribution in [3.8, 4) is 0 Å². The number of aliphatic hydroxyl groups is 1. The quantitative estimate of drug-likeness (QED) is 0.691. The predicted octanol–water partition coefficient (Wildman–Crippen LogP) is 1.30. The summed E-state index contributed by atoms with van der Waals surface area (Å²) in [5, 5.41) is 11.7. The number of carbonyl (C=O) groups is 1. The molecule has 0 heterocycles. The first-order chi connectivity index (χ1) is 8.56. The number of nitrogens with two attached hydrogens (primary N) is 1. The second kappa shape index (κ2) is 4.94. The first-order valence-corrected chi connectivity index (χ1v) is 6.00. The first-order valence-electron chi connectivity index (χ1n) is 6.00. The van der Waals surface area contributed by atoms with Crippen LogP contribution in [0.25, 0.3) is 0 Å². The summed E-state index contributed by atoms with van der Waals surface area (Å²) < 4.78 is 13.0. The maximum absolute atomic E-state index is 13.0. The van der Waals surface area contributed by atoms with E-state index in [9.17, 15) is 9.18 Å². The van der Waals surface area contributed by atoms with E-state index >= 15 is 0 Å². The molecule has 1 aromatic rings. The van der Waals surface area contributed by atoms with Crippen molar-refractivity contribution in [3.05, 3.63) is 29.6 Å². The Morgan fingerprint density at radius 1 is 1.50 bits per heavy atom. The minimum atomic E-state index is -0.481. The zero-order valence-corrected chi connectivity index (χ0v) is 10.1. The summed E-state index contributed by atoms with van der Waals surface area (Å²) in [5.41, 5.74) is 6.10. The third-order valence-corrected chi connectivity index (χ3v) is 3.48. The van der Waals surface area contributed by atoms with Crippen LogP contribution in [0.15, 0.2) is 18.2 Å². The van der Waals surface area contributed by atoms with Crippen LogP contribution in [0.1, 0.15) is 29.6 Å². The molecule has 0 saturated heterocycles. The highest BCUT2D eigenvalue weighted by Crippen LogP contribution is 2.47. The fourth-order valence-corrected chi connectivity index (χ4v) is 2.02. The number of nitrogens with one attached hydrogen (secondary N) is 1. The second-order valence-corrected chi connectivity index (χ2v) is 4.89. The van der Waals surface area contributed by atoms with Crippen LogP contribution in [0.5, 0.6) is 0 Å². The summed E-state index contributed by atoms with van der Waals surface area (Å²) >= 11 is 0. The number of hydrogen-bond acceptors (Lipinski definition) is 3. The van der Waals surface area contributed by atoms with Crippen LogP contribution in [-0.4, -0.2) is 24.2 Å². The van der Waals surface area contributed by atoms with Crippen LogP contribution in [0, 0.1) is 11.2 Å². The van der Waals surface area contributed by atoms with E-state index in [1.54, 1.807) is 0 Å². The number of nitrogen functional groups attached to an aromatic ring is 1. The number of rotatable bonds is 5. The number of carbonyl (C=O) groups excluding carboxylic acids is 1. The minimum absolute atomic E-state index is 0.0342. The lowest BCUT2D eigenvalue weighted by molar-refractivity contribution is 0.0941. The van der Waals surface area contributed by atoms with Crippen LogP contribution >= 0.6 is 0 Å². The van der Waals surface area contributed by atoms with Crippen LogP contribution in [0.4, 0.5) is 10.1 Å². The fraction of sp³-hybridized carbons (Fsp3) is 0.462. The van der Waals surface area contributed by atoms with Gasteiger partial charge < -0.3 is 16.2 Å². The number of halogens is 1. The SMILES string of the molecule is Nc1ccc(F)cc1C(=O)NCC1(CCO)CC1. The maximum Gasteiger partial charge on any atom is 0.253 e. The van der Waals surface area contributed by atoms with Crippen molar-refractivity contribution in [2.45, 2.75) is 19.3 Å². The number of hydrogen-bond donors (Lipinski definition) is 3. The molecule has 2 rings (SSSR count). The molecule has 5 heteroatoms. The topological polar surface area (TPSA) is 75.4 Å². The van der Waals surface area contributed by atoms with Gasteiger partial charge in [0.1, 0.15) is 5.82 Å². The molecule has 0 bridgehead atoms. The van der Waals surface area contributed by atoms with E-state index in [-0.39, 0.29) is 29.2 Å². The van der Waals surface area contributed by atoms with Gasteiger partial charge in [-0.3, -0.25) is 4.79 Å². The third-order valence-electron chi connectivity index (χ3n) is 3.48. The smallest absolute Gasteiger partial charge is 0.253 e. The van der Waals surface area contributed by atoms with Crippen LogP contribution in [-0.2, 0) is 0 Å². The van der Waals surface area contributed by atoms with Crippen molar-refractivity contribution in [1.29, 1.82) is 0 Å². The molecule has 1 fully saturated rings. The van der Waals surface area contributed by atoms with Gasteiger partial charge in [-0.2, -0.15) is 0 Å². The Morgan fingerprint density at radius 3 is 2.83 bits per heavy atom. The summed E-state index contributed by atoms with van der Waals surface area (Å²) in [7, 11) is 0. The van der Waals surface area contributed by atoms with Gasteiger partial charge in [-0.25, -0.2) is 4.39 Å². The highest BCUT2D eigenvalue weighted by atomic mass is 19.1. The Balaban J connectivity index is 1.98.